The van der Waals surface area contributed by atoms with E-state index in [2.05, 4.69) is 24.2 Å². The van der Waals surface area contributed by atoms with Crippen LogP contribution in [0.15, 0.2) is 24.3 Å². The smallest absolute Gasteiger partial charge is 0.224 e. The molecule has 3 N–H and O–H groups in total. The largest absolute Gasteiger partial charge is 0.389 e. The molecule has 1 aromatic rings. The summed E-state index contributed by atoms with van der Waals surface area (Å²) in [4.78, 5) is 14.7. The zero-order valence-electron chi connectivity index (χ0n) is 12.6. The van der Waals surface area contributed by atoms with Crippen molar-refractivity contribution < 1.29 is 4.79 Å². The van der Waals surface area contributed by atoms with Crippen LogP contribution in [0.3, 0.4) is 0 Å². The van der Waals surface area contributed by atoms with Gasteiger partial charge in [-0.05, 0) is 32.4 Å². The van der Waals surface area contributed by atoms with Gasteiger partial charge in [0.1, 0.15) is 4.99 Å². The highest BCUT2D eigenvalue weighted by molar-refractivity contribution is 7.80. The molecule has 2 rings (SSSR count). The maximum Gasteiger partial charge on any atom is 0.224 e. The number of rotatable bonds is 7. The summed E-state index contributed by atoms with van der Waals surface area (Å²) in [5, 5.41) is 3.00. The highest BCUT2D eigenvalue weighted by atomic mass is 32.1. The molecule has 0 heterocycles. The molecule has 1 aromatic carbocycles. The van der Waals surface area contributed by atoms with Gasteiger partial charge in [0.15, 0.2) is 0 Å². The van der Waals surface area contributed by atoms with Crippen LogP contribution in [0.25, 0.3) is 0 Å². The van der Waals surface area contributed by atoms with Gasteiger partial charge in [-0.15, -0.1) is 0 Å². The van der Waals surface area contributed by atoms with E-state index in [0.717, 1.165) is 11.1 Å². The second-order valence-electron chi connectivity index (χ2n) is 5.79. The van der Waals surface area contributed by atoms with Crippen LogP contribution in [0.1, 0.15) is 30.9 Å². The van der Waals surface area contributed by atoms with Gasteiger partial charge in [-0.3, -0.25) is 9.69 Å². The Morgan fingerprint density at radius 1 is 1.43 bits per heavy atom. The molecule has 1 unspecified atom stereocenters. The number of nitrogens with one attached hydrogen (secondary N) is 1. The molecule has 1 saturated carbocycles. The molecule has 1 fully saturated rings. The number of hydrogen-bond donors (Lipinski definition) is 2. The van der Waals surface area contributed by atoms with Crippen molar-refractivity contribution in [1.29, 1.82) is 0 Å². The lowest BCUT2D eigenvalue weighted by atomic mass is 10.1. The van der Waals surface area contributed by atoms with Gasteiger partial charge in [0.2, 0.25) is 5.91 Å². The van der Waals surface area contributed by atoms with Crippen LogP contribution in [0.2, 0.25) is 0 Å². The van der Waals surface area contributed by atoms with E-state index in [1.165, 1.54) is 12.8 Å². The third-order valence-corrected chi connectivity index (χ3v) is 4.25. The number of thiocarbonyl (C=S) groups is 1. The van der Waals surface area contributed by atoms with Crippen LogP contribution in [-0.4, -0.2) is 41.5 Å². The van der Waals surface area contributed by atoms with Gasteiger partial charge in [-0.2, -0.15) is 0 Å². The van der Waals surface area contributed by atoms with Crippen molar-refractivity contribution in [2.75, 3.05) is 13.6 Å². The predicted octanol–water partition coefficient (Wildman–Crippen LogP) is 1.46. The highest BCUT2D eigenvalue weighted by Crippen LogP contribution is 2.26. The first-order valence-electron chi connectivity index (χ1n) is 7.34. The molecular formula is C16H23N3OS. The summed E-state index contributed by atoms with van der Waals surface area (Å²) >= 11 is 4.91. The first-order chi connectivity index (χ1) is 9.97. The molecule has 1 aliphatic carbocycles. The van der Waals surface area contributed by atoms with Crippen LogP contribution < -0.4 is 11.1 Å². The molecule has 21 heavy (non-hydrogen) atoms. The number of carbonyl (C=O) groups excluding carboxylic acids is 1. The molecule has 0 bridgehead atoms. The molecule has 114 valence electrons. The van der Waals surface area contributed by atoms with Gasteiger partial charge < -0.3 is 11.1 Å². The van der Waals surface area contributed by atoms with Gasteiger partial charge in [0.25, 0.3) is 0 Å². The molecule has 0 aliphatic heterocycles. The fraction of sp³-hybridized carbons (Fsp3) is 0.500. The Balaban J connectivity index is 1.77. The molecular weight excluding hydrogens is 282 g/mol. The maximum absolute atomic E-state index is 12.0. The average Bonchev–Trinajstić information content (AvgIpc) is 3.29. The Hall–Kier alpha value is -1.46. The van der Waals surface area contributed by atoms with E-state index in [4.69, 9.17) is 18.0 Å². The SMILES string of the molecule is CC(CNC(=O)Cc1ccc(C(N)=S)cc1)N(C)C1CC1. The van der Waals surface area contributed by atoms with Gasteiger partial charge in [0.05, 0.1) is 6.42 Å². The van der Waals surface area contributed by atoms with Crippen LogP contribution in [0.5, 0.6) is 0 Å². The third kappa shape index (κ3) is 4.79. The molecule has 5 heteroatoms. The average molecular weight is 305 g/mol. The van der Waals surface area contributed by atoms with E-state index >= 15 is 0 Å². The number of nitrogens with zero attached hydrogens (tertiary/aromatic N) is 1. The Bertz CT molecular complexity index is 511. The molecule has 1 amide bonds. The van der Waals surface area contributed by atoms with E-state index in [9.17, 15) is 4.79 Å². The maximum atomic E-state index is 12.0. The number of benzene rings is 1. The Labute approximate surface area is 131 Å². The standard InChI is InChI=1S/C16H23N3OS/c1-11(19(2)14-7-8-14)10-18-15(20)9-12-3-5-13(6-4-12)16(17)21/h3-6,11,14H,7-10H2,1-2H3,(H2,17,21)(H,18,20). The summed E-state index contributed by atoms with van der Waals surface area (Å²) in [7, 11) is 2.13. The first-order valence-corrected chi connectivity index (χ1v) is 7.75. The van der Waals surface area contributed by atoms with E-state index in [0.29, 0.717) is 30.0 Å². The van der Waals surface area contributed by atoms with Gasteiger partial charge in [-0.1, -0.05) is 36.5 Å². The summed E-state index contributed by atoms with van der Waals surface area (Å²) in [6.07, 6.45) is 2.95. The van der Waals surface area contributed by atoms with Crippen molar-refractivity contribution in [3.8, 4) is 0 Å². The van der Waals surface area contributed by atoms with E-state index < -0.39 is 0 Å². The topological polar surface area (TPSA) is 58.4 Å². The number of amides is 1. The minimum absolute atomic E-state index is 0.0501. The van der Waals surface area contributed by atoms with Crippen molar-refractivity contribution in [2.45, 2.75) is 38.3 Å². The summed E-state index contributed by atoms with van der Waals surface area (Å²) in [6, 6.07) is 8.59. The van der Waals surface area contributed by atoms with Crippen molar-refractivity contribution >= 4 is 23.1 Å². The van der Waals surface area contributed by atoms with Crippen molar-refractivity contribution in [2.24, 2.45) is 5.73 Å². The number of hydrogen-bond acceptors (Lipinski definition) is 3. The lowest BCUT2D eigenvalue weighted by Gasteiger charge is -2.24. The van der Waals surface area contributed by atoms with Crippen LogP contribution in [0, 0.1) is 0 Å². The van der Waals surface area contributed by atoms with Crippen LogP contribution >= 0.6 is 12.2 Å². The number of likely N-dealkylation sites (N-methyl/N-ethyl adjacent to an activating group) is 1. The minimum Gasteiger partial charge on any atom is -0.389 e. The van der Waals surface area contributed by atoms with Gasteiger partial charge in [-0.25, -0.2) is 0 Å². The summed E-state index contributed by atoms with van der Waals surface area (Å²) in [6.45, 7) is 2.84. The lowest BCUT2D eigenvalue weighted by molar-refractivity contribution is -0.120. The summed E-state index contributed by atoms with van der Waals surface area (Å²) < 4.78 is 0. The molecule has 1 atom stereocenters. The molecule has 0 spiro atoms. The van der Waals surface area contributed by atoms with Crippen molar-refractivity contribution in [1.82, 2.24) is 10.2 Å². The second-order valence-corrected chi connectivity index (χ2v) is 6.23. The molecule has 1 aliphatic rings. The molecule has 4 nitrogen and oxygen atoms in total. The van der Waals surface area contributed by atoms with E-state index in [1.807, 2.05) is 24.3 Å². The molecule has 0 saturated heterocycles. The monoisotopic (exact) mass is 305 g/mol. The molecule has 0 aromatic heterocycles. The zero-order valence-corrected chi connectivity index (χ0v) is 13.5. The summed E-state index contributed by atoms with van der Waals surface area (Å²) in [5.41, 5.74) is 7.35. The van der Waals surface area contributed by atoms with Crippen molar-refractivity contribution in [3.63, 3.8) is 0 Å². The van der Waals surface area contributed by atoms with Crippen LogP contribution in [-0.2, 0) is 11.2 Å². The normalized spacial score (nSPS) is 15.8. The van der Waals surface area contributed by atoms with Crippen molar-refractivity contribution in [3.05, 3.63) is 35.4 Å². The number of nitrogens with two attached hydrogens (primary N) is 1. The predicted molar refractivity (Wildman–Crippen MR) is 89.3 cm³/mol. The molecule has 0 radical (unpaired) electrons. The van der Waals surface area contributed by atoms with E-state index in [1.54, 1.807) is 0 Å². The van der Waals surface area contributed by atoms with E-state index in [-0.39, 0.29) is 5.91 Å². The second kappa shape index (κ2) is 7.00. The third-order valence-electron chi connectivity index (χ3n) is 4.02. The summed E-state index contributed by atoms with van der Waals surface area (Å²) in [5.74, 6) is 0.0501. The fourth-order valence-electron chi connectivity index (χ4n) is 2.28. The van der Waals surface area contributed by atoms with Crippen LogP contribution in [0.4, 0.5) is 0 Å². The highest BCUT2D eigenvalue weighted by Gasteiger charge is 2.29. The fourth-order valence-corrected chi connectivity index (χ4v) is 2.42. The zero-order chi connectivity index (χ0) is 15.4. The first kappa shape index (κ1) is 15.9. The van der Waals surface area contributed by atoms with Gasteiger partial charge in [0, 0.05) is 24.2 Å². The Morgan fingerprint density at radius 2 is 2.05 bits per heavy atom. The Kier molecular flexibility index (Phi) is 5.31. The van der Waals surface area contributed by atoms with Gasteiger partial charge >= 0.3 is 0 Å². The number of carbonyl (C=O) groups is 1. The lowest BCUT2D eigenvalue weighted by Crippen LogP contribution is -2.41. The quantitative estimate of drug-likeness (QED) is 0.749. The minimum atomic E-state index is 0.0501. The Morgan fingerprint density at radius 3 is 2.57 bits per heavy atom.